The first-order valence-electron chi connectivity index (χ1n) is 5.03. The highest BCUT2D eigenvalue weighted by Crippen LogP contribution is 2.16. The van der Waals surface area contributed by atoms with Crippen molar-refractivity contribution in [2.75, 3.05) is 5.32 Å². The van der Waals surface area contributed by atoms with E-state index in [0.717, 1.165) is 23.6 Å². The van der Waals surface area contributed by atoms with E-state index in [-0.39, 0.29) is 0 Å². The first-order valence-corrected chi connectivity index (χ1v) is 5.03. The van der Waals surface area contributed by atoms with Crippen LogP contribution in [0.5, 0.6) is 0 Å². The summed E-state index contributed by atoms with van der Waals surface area (Å²) in [7, 11) is 2.03. The molecular formula is C11H16N4. The Balaban J connectivity index is 2.05. The maximum atomic E-state index is 4.14. The SMILES string of the molecule is Cc1n[nH]c(C)c1NCc1ccn(C)c1. The minimum absolute atomic E-state index is 0.835. The highest BCUT2D eigenvalue weighted by atomic mass is 15.1. The van der Waals surface area contributed by atoms with Crippen molar-refractivity contribution in [1.29, 1.82) is 0 Å². The van der Waals surface area contributed by atoms with E-state index in [1.807, 2.05) is 31.7 Å². The van der Waals surface area contributed by atoms with Crippen molar-refractivity contribution in [3.05, 3.63) is 35.4 Å². The first kappa shape index (κ1) is 9.83. The van der Waals surface area contributed by atoms with Crippen molar-refractivity contribution < 1.29 is 0 Å². The topological polar surface area (TPSA) is 45.6 Å². The molecule has 15 heavy (non-hydrogen) atoms. The molecule has 2 aromatic heterocycles. The van der Waals surface area contributed by atoms with Crippen molar-refractivity contribution in [1.82, 2.24) is 14.8 Å². The standard InChI is InChI=1S/C11H16N4/c1-8-11(9(2)14-13-8)12-6-10-4-5-15(3)7-10/h4-5,7,12H,6H2,1-3H3,(H,13,14). The Morgan fingerprint density at radius 1 is 1.47 bits per heavy atom. The van der Waals surface area contributed by atoms with Crippen molar-refractivity contribution in [2.24, 2.45) is 7.05 Å². The lowest BCUT2D eigenvalue weighted by Crippen LogP contribution is -2.00. The highest BCUT2D eigenvalue weighted by molar-refractivity contribution is 5.51. The molecule has 0 aromatic carbocycles. The van der Waals surface area contributed by atoms with E-state index < -0.39 is 0 Å². The lowest BCUT2D eigenvalue weighted by molar-refractivity contribution is 0.920. The molecule has 4 heteroatoms. The second-order valence-corrected chi connectivity index (χ2v) is 3.85. The molecule has 0 atom stereocenters. The number of aromatic amines is 1. The zero-order valence-electron chi connectivity index (χ0n) is 9.33. The Labute approximate surface area is 89.3 Å². The Bertz CT molecular complexity index is 433. The molecule has 0 amide bonds. The van der Waals surface area contributed by atoms with Crippen molar-refractivity contribution in [3.8, 4) is 0 Å². The highest BCUT2D eigenvalue weighted by Gasteiger charge is 2.05. The van der Waals surface area contributed by atoms with Gasteiger partial charge in [0.2, 0.25) is 0 Å². The van der Waals surface area contributed by atoms with Gasteiger partial charge in [-0.3, -0.25) is 5.10 Å². The van der Waals surface area contributed by atoms with Gasteiger partial charge in [0, 0.05) is 26.0 Å². The quantitative estimate of drug-likeness (QED) is 0.803. The summed E-state index contributed by atoms with van der Waals surface area (Å²) in [4.78, 5) is 0. The maximum absolute atomic E-state index is 4.14. The number of nitrogens with zero attached hydrogens (tertiary/aromatic N) is 2. The molecule has 0 fully saturated rings. The van der Waals surface area contributed by atoms with Crippen LogP contribution < -0.4 is 5.32 Å². The van der Waals surface area contributed by atoms with E-state index in [4.69, 9.17) is 0 Å². The largest absolute Gasteiger partial charge is 0.378 e. The normalized spacial score (nSPS) is 10.6. The third-order valence-electron chi connectivity index (χ3n) is 2.49. The summed E-state index contributed by atoms with van der Waals surface area (Å²) >= 11 is 0. The number of nitrogens with one attached hydrogen (secondary N) is 2. The van der Waals surface area contributed by atoms with Crippen LogP contribution in [0, 0.1) is 13.8 Å². The number of hydrogen-bond acceptors (Lipinski definition) is 2. The van der Waals surface area contributed by atoms with Gasteiger partial charge in [-0.1, -0.05) is 0 Å². The van der Waals surface area contributed by atoms with Gasteiger partial charge in [-0.05, 0) is 25.5 Å². The lowest BCUT2D eigenvalue weighted by Gasteiger charge is -2.04. The van der Waals surface area contributed by atoms with Gasteiger partial charge in [0.25, 0.3) is 0 Å². The molecule has 2 N–H and O–H groups in total. The Kier molecular flexibility index (Phi) is 2.49. The van der Waals surface area contributed by atoms with E-state index >= 15 is 0 Å². The van der Waals surface area contributed by atoms with Crippen LogP contribution in [0.15, 0.2) is 18.5 Å². The van der Waals surface area contributed by atoms with Gasteiger partial charge in [0.15, 0.2) is 0 Å². The molecule has 0 unspecified atom stereocenters. The molecule has 0 aliphatic heterocycles. The third-order valence-corrected chi connectivity index (χ3v) is 2.49. The molecule has 0 saturated carbocycles. The predicted molar refractivity (Wildman–Crippen MR) is 60.8 cm³/mol. The zero-order valence-corrected chi connectivity index (χ0v) is 9.33. The van der Waals surface area contributed by atoms with Gasteiger partial charge in [-0.2, -0.15) is 5.10 Å². The minimum Gasteiger partial charge on any atom is -0.378 e. The first-order chi connectivity index (χ1) is 7.16. The molecule has 0 radical (unpaired) electrons. The number of rotatable bonds is 3. The number of anilines is 1. The number of aromatic nitrogens is 3. The van der Waals surface area contributed by atoms with Crippen LogP contribution in [0.1, 0.15) is 17.0 Å². The number of aryl methyl sites for hydroxylation is 3. The number of hydrogen-bond donors (Lipinski definition) is 2. The smallest absolute Gasteiger partial charge is 0.0825 e. The van der Waals surface area contributed by atoms with Gasteiger partial charge in [0.1, 0.15) is 0 Å². The van der Waals surface area contributed by atoms with Gasteiger partial charge in [-0.25, -0.2) is 0 Å². The molecule has 0 aliphatic rings. The van der Waals surface area contributed by atoms with E-state index in [1.165, 1.54) is 5.56 Å². The summed E-state index contributed by atoms with van der Waals surface area (Å²) in [5.41, 5.74) is 4.49. The van der Waals surface area contributed by atoms with Gasteiger partial charge < -0.3 is 9.88 Å². The number of H-pyrrole nitrogens is 1. The molecule has 0 saturated heterocycles. The molecule has 0 aliphatic carbocycles. The minimum atomic E-state index is 0.835. The summed E-state index contributed by atoms with van der Waals surface area (Å²) in [6, 6.07) is 2.11. The monoisotopic (exact) mass is 204 g/mol. The summed E-state index contributed by atoms with van der Waals surface area (Å²) < 4.78 is 2.05. The molecule has 4 nitrogen and oxygen atoms in total. The average Bonchev–Trinajstić information content (AvgIpc) is 2.73. The molecule has 80 valence electrons. The Hall–Kier alpha value is -1.71. The van der Waals surface area contributed by atoms with E-state index in [2.05, 4.69) is 27.8 Å². The molecule has 0 spiro atoms. The molecule has 2 rings (SSSR count). The van der Waals surface area contributed by atoms with Crippen molar-refractivity contribution >= 4 is 5.69 Å². The van der Waals surface area contributed by atoms with E-state index in [1.54, 1.807) is 0 Å². The predicted octanol–water partition coefficient (Wildman–Crippen LogP) is 1.98. The average molecular weight is 204 g/mol. The summed E-state index contributed by atoms with van der Waals surface area (Å²) in [5, 5.41) is 10.5. The van der Waals surface area contributed by atoms with Gasteiger partial charge >= 0.3 is 0 Å². The molecular weight excluding hydrogens is 188 g/mol. The third kappa shape index (κ3) is 2.03. The van der Waals surface area contributed by atoms with Crippen LogP contribution in [0.2, 0.25) is 0 Å². The molecule has 0 bridgehead atoms. The van der Waals surface area contributed by atoms with E-state index in [0.29, 0.717) is 0 Å². The van der Waals surface area contributed by atoms with E-state index in [9.17, 15) is 0 Å². The fraction of sp³-hybridized carbons (Fsp3) is 0.364. The Morgan fingerprint density at radius 2 is 2.27 bits per heavy atom. The van der Waals surface area contributed by atoms with Gasteiger partial charge in [-0.15, -0.1) is 0 Å². The zero-order chi connectivity index (χ0) is 10.8. The van der Waals surface area contributed by atoms with Crippen molar-refractivity contribution in [3.63, 3.8) is 0 Å². The van der Waals surface area contributed by atoms with Crippen LogP contribution in [0.25, 0.3) is 0 Å². The van der Waals surface area contributed by atoms with Crippen LogP contribution in [-0.2, 0) is 13.6 Å². The van der Waals surface area contributed by atoms with Crippen LogP contribution in [0.3, 0.4) is 0 Å². The summed E-state index contributed by atoms with van der Waals surface area (Å²) in [5.74, 6) is 0. The summed E-state index contributed by atoms with van der Waals surface area (Å²) in [6.45, 7) is 4.85. The van der Waals surface area contributed by atoms with Crippen LogP contribution in [0.4, 0.5) is 5.69 Å². The van der Waals surface area contributed by atoms with Crippen molar-refractivity contribution in [2.45, 2.75) is 20.4 Å². The summed E-state index contributed by atoms with van der Waals surface area (Å²) in [6.07, 6.45) is 4.16. The van der Waals surface area contributed by atoms with Crippen LogP contribution >= 0.6 is 0 Å². The fourth-order valence-electron chi connectivity index (χ4n) is 1.67. The molecule has 2 aromatic rings. The maximum Gasteiger partial charge on any atom is 0.0825 e. The fourth-order valence-corrected chi connectivity index (χ4v) is 1.67. The Morgan fingerprint density at radius 3 is 2.80 bits per heavy atom. The van der Waals surface area contributed by atoms with Gasteiger partial charge in [0.05, 0.1) is 17.1 Å². The second-order valence-electron chi connectivity index (χ2n) is 3.85. The second kappa shape index (κ2) is 3.81. The van der Waals surface area contributed by atoms with Crippen LogP contribution in [-0.4, -0.2) is 14.8 Å². The lowest BCUT2D eigenvalue weighted by atomic mass is 10.3. The molecule has 2 heterocycles.